The number of carbonyl (C=O) groups is 1. The standard InChI is InChI=1S/C17H15N3O4/c1-24-13-3-5-16(22)11(7-13)9-18-20-17(23)15-8-10-6-12(21)2-4-14(10)19-15/h2-9,19,21-22H,1H3,(H,20,23)/b18-9+. The van der Waals surface area contributed by atoms with Gasteiger partial charge in [-0.2, -0.15) is 5.10 Å². The van der Waals surface area contributed by atoms with E-state index in [0.29, 0.717) is 17.0 Å². The van der Waals surface area contributed by atoms with Crippen LogP contribution in [0.4, 0.5) is 0 Å². The van der Waals surface area contributed by atoms with Crippen LogP contribution in [-0.2, 0) is 0 Å². The molecule has 0 saturated carbocycles. The molecule has 1 aromatic heterocycles. The number of aromatic amines is 1. The Balaban J connectivity index is 1.74. The highest BCUT2D eigenvalue weighted by atomic mass is 16.5. The third-order valence-electron chi connectivity index (χ3n) is 3.45. The van der Waals surface area contributed by atoms with Crippen molar-refractivity contribution < 1.29 is 19.7 Å². The zero-order chi connectivity index (χ0) is 17.1. The Kier molecular flexibility index (Phi) is 4.07. The number of aromatic nitrogens is 1. The van der Waals surface area contributed by atoms with Crippen LogP contribution in [0.2, 0.25) is 0 Å². The van der Waals surface area contributed by atoms with E-state index in [4.69, 9.17) is 4.74 Å². The van der Waals surface area contributed by atoms with Gasteiger partial charge in [0, 0.05) is 16.5 Å². The number of benzene rings is 2. The van der Waals surface area contributed by atoms with Gasteiger partial charge in [-0.1, -0.05) is 0 Å². The third-order valence-corrected chi connectivity index (χ3v) is 3.45. The highest BCUT2D eigenvalue weighted by molar-refractivity contribution is 5.98. The van der Waals surface area contributed by atoms with E-state index < -0.39 is 5.91 Å². The number of aromatic hydroxyl groups is 2. The van der Waals surface area contributed by atoms with Gasteiger partial charge in [0.2, 0.25) is 0 Å². The first-order valence-corrected chi connectivity index (χ1v) is 7.09. The molecule has 3 aromatic rings. The predicted molar refractivity (Wildman–Crippen MR) is 89.7 cm³/mol. The van der Waals surface area contributed by atoms with Crippen molar-refractivity contribution >= 4 is 23.0 Å². The molecular weight excluding hydrogens is 310 g/mol. The van der Waals surface area contributed by atoms with Gasteiger partial charge in [0.05, 0.1) is 13.3 Å². The quantitative estimate of drug-likeness (QED) is 0.436. The minimum Gasteiger partial charge on any atom is -0.508 e. The summed E-state index contributed by atoms with van der Waals surface area (Å²) in [6.45, 7) is 0. The molecule has 0 aliphatic carbocycles. The molecule has 0 aliphatic heterocycles. The van der Waals surface area contributed by atoms with Gasteiger partial charge in [0.1, 0.15) is 22.9 Å². The van der Waals surface area contributed by atoms with Gasteiger partial charge in [0.15, 0.2) is 0 Å². The lowest BCUT2D eigenvalue weighted by Gasteiger charge is -2.03. The smallest absolute Gasteiger partial charge is 0.287 e. The number of rotatable bonds is 4. The van der Waals surface area contributed by atoms with E-state index in [0.717, 1.165) is 10.9 Å². The Hall–Kier alpha value is -3.48. The molecule has 4 N–H and O–H groups in total. The lowest BCUT2D eigenvalue weighted by atomic mass is 10.2. The van der Waals surface area contributed by atoms with Crippen molar-refractivity contribution in [2.45, 2.75) is 0 Å². The molecule has 1 heterocycles. The lowest BCUT2D eigenvalue weighted by molar-refractivity contribution is 0.0951. The predicted octanol–water partition coefficient (Wildman–Crippen LogP) is 2.35. The lowest BCUT2D eigenvalue weighted by Crippen LogP contribution is -2.17. The number of hydrazone groups is 1. The van der Waals surface area contributed by atoms with Crippen molar-refractivity contribution in [2.75, 3.05) is 7.11 Å². The summed E-state index contributed by atoms with van der Waals surface area (Å²) >= 11 is 0. The van der Waals surface area contributed by atoms with Crippen molar-refractivity contribution in [3.8, 4) is 17.2 Å². The molecule has 122 valence electrons. The number of methoxy groups -OCH3 is 1. The molecule has 0 unspecified atom stereocenters. The number of H-pyrrole nitrogens is 1. The maximum Gasteiger partial charge on any atom is 0.287 e. The minimum atomic E-state index is -0.440. The molecular formula is C17H15N3O4. The second-order valence-corrected chi connectivity index (χ2v) is 5.08. The fraction of sp³-hybridized carbons (Fsp3) is 0.0588. The van der Waals surface area contributed by atoms with Gasteiger partial charge in [0.25, 0.3) is 5.91 Å². The number of phenols is 2. The molecule has 24 heavy (non-hydrogen) atoms. The number of hydrogen-bond donors (Lipinski definition) is 4. The summed E-state index contributed by atoms with van der Waals surface area (Å²) in [5.74, 6) is 0.273. The molecule has 0 radical (unpaired) electrons. The van der Waals surface area contributed by atoms with E-state index in [1.807, 2.05) is 0 Å². The minimum absolute atomic E-state index is 0.0230. The van der Waals surface area contributed by atoms with Crippen LogP contribution in [0.5, 0.6) is 17.2 Å². The molecule has 0 atom stereocenters. The number of fused-ring (bicyclic) bond motifs is 1. The highest BCUT2D eigenvalue weighted by Crippen LogP contribution is 2.22. The number of carbonyl (C=O) groups excluding carboxylic acids is 1. The largest absolute Gasteiger partial charge is 0.508 e. The summed E-state index contributed by atoms with van der Waals surface area (Å²) in [4.78, 5) is 15.0. The Morgan fingerprint density at radius 3 is 2.83 bits per heavy atom. The topological polar surface area (TPSA) is 107 Å². The van der Waals surface area contributed by atoms with E-state index in [9.17, 15) is 15.0 Å². The zero-order valence-corrected chi connectivity index (χ0v) is 12.8. The maximum atomic E-state index is 12.1. The molecule has 0 spiro atoms. The highest BCUT2D eigenvalue weighted by Gasteiger charge is 2.09. The molecule has 0 bridgehead atoms. The second kappa shape index (κ2) is 6.33. The van der Waals surface area contributed by atoms with Gasteiger partial charge < -0.3 is 19.9 Å². The molecule has 3 rings (SSSR count). The van der Waals surface area contributed by atoms with Gasteiger partial charge >= 0.3 is 0 Å². The van der Waals surface area contributed by atoms with Crippen molar-refractivity contribution in [1.82, 2.24) is 10.4 Å². The number of phenolic OH excluding ortho intramolecular Hbond substituents is 2. The van der Waals surface area contributed by atoms with Crippen LogP contribution in [0.3, 0.4) is 0 Å². The number of hydrogen-bond acceptors (Lipinski definition) is 5. The first-order chi connectivity index (χ1) is 11.6. The Bertz CT molecular complexity index is 931. The van der Waals surface area contributed by atoms with Crippen LogP contribution in [0.15, 0.2) is 47.6 Å². The van der Waals surface area contributed by atoms with E-state index in [1.54, 1.807) is 30.3 Å². The first kappa shape index (κ1) is 15.4. The van der Waals surface area contributed by atoms with E-state index in [-0.39, 0.29) is 11.5 Å². The molecule has 0 fully saturated rings. The summed E-state index contributed by atoms with van der Waals surface area (Å²) in [5.41, 5.74) is 3.82. The van der Waals surface area contributed by atoms with Crippen LogP contribution in [-0.4, -0.2) is 34.4 Å². The average molecular weight is 325 g/mol. The monoisotopic (exact) mass is 325 g/mol. The SMILES string of the molecule is COc1ccc(O)c(/C=N/NC(=O)c2cc3cc(O)ccc3[nH]2)c1. The van der Waals surface area contributed by atoms with Crippen LogP contribution in [0, 0.1) is 0 Å². The second-order valence-electron chi connectivity index (χ2n) is 5.08. The van der Waals surface area contributed by atoms with Crippen LogP contribution in [0.25, 0.3) is 10.9 Å². The summed E-state index contributed by atoms with van der Waals surface area (Å²) < 4.78 is 5.06. The van der Waals surface area contributed by atoms with Gasteiger partial charge in [-0.15, -0.1) is 0 Å². The summed E-state index contributed by atoms with van der Waals surface area (Å²) in [5, 5.41) is 23.7. The molecule has 2 aromatic carbocycles. The van der Waals surface area contributed by atoms with Gasteiger partial charge in [-0.05, 0) is 42.5 Å². The van der Waals surface area contributed by atoms with Gasteiger partial charge in [-0.3, -0.25) is 4.79 Å². The fourth-order valence-electron chi connectivity index (χ4n) is 2.23. The van der Waals surface area contributed by atoms with Crippen molar-refractivity contribution in [3.05, 3.63) is 53.7 Å². The van der Waals surface area contributed by atoms with E-state index in [2.05, 4.69) is 15.5 Å². The van der Waals surface area contributed by atoms with E-state index >= 15 is 0 Å². The Morgan fingerprint density at radius 2 is 2.04 bits per heavy atom. The molecule has 7 heteroatoms. The average Bonchev–Trinajstić information content (AvgIpc) is 2.99. The van der Waals surface area contributed by atoms with Crippen LogP contribution in [0.1, 0.15) is 16.1 Å². The molecule has 7 nitrogen and oxygen atoms in total. The maximum absolute atomic E-state index is 12.1. The van der Waals surface area contributed by atoms with E-state index in [1.165, 1.54) is 25.5 Å². The fourth-order valence-corrected chi connectivity index (χ4v) is 2.23. The summed E-state index contributed by atoms with van der Waals surface area (Å²) in [7, 11) is 1.52. The van der Waals surface area contributed by atoms with Crippen molar-refractivity contribution in [1.29, 1.82) is 0 Å². The molecule has 1 amide bonds. The van der Waals surface area contributed by atoms with Crippen LogP contribution >= 0.6 is 0 Å². The number of ether oxygens (including phenoxy) is 1. The third kappa shape index (κ3) is 3.14. The summed E-state index contributed by atoms with van der Waals surface area (Å²) in [6.07, 6.45) is 1.32. The Labute approximate surface area is 137 Å². The number of nitrogens with one attached hydrogen (secondary N) is 2. The Morgan fingerprint density at radius 1 is 1.21 bits per heavy atom. The van der Waals surface area contributed by atoms with Crippen LogP contribution < -0.4 is 10.2 Å². The van der Waals surface area contributed by atoms with Gasteiger partial charge in [-0.25, -0.2) is 5.43 Å². The number of nitrogens with zero attached hydrogens (tertiary/aromatic N) is 1. The normalized spacial score (nSPS) is 11.0. The molecule has 0 saturated heterocycles. The molecule has 0 aliphatic rings. The number of amides is 1. The zero-order valence-electron chi connectivity index (χ0n) is 12.8. The van der Waals surface area contributed by atoms with Crippen molar-refractivity contribution in [3.63, 3.8) is 0 Å². The van der Waals surface area contributed by atoms with Crippen molar-refractivity contribution in [2.24, 2.45) is 5.10 Å². The summed E-state index contributed by atoms with van der Waals surface area (Å²) in [6, 6.07) is 11.1. The first-order valence-electron chi connectivity index (χ1n) is 7.09.